The standard InChI is InChI=1S/C16H11N3O5/c20-16(12-6-8-13(9-7-12)19(21)22)23-10-14-17-15(18-24-14)11-4-2-1-3-5-11/h1-9H,10H2. The highest BCUT2D eigenvalue weighted by molar-refractivity contribution is 5.89. The minimum absolute atomic E-state index is 0.101. The predicted molar refractivity (Wildman–Crippen MR) is 81.9 cm³/mol. The van der Waals surface area contributed by atoms with Gasteiger partial charge in [-0.1, -0.05) is 35.5 Å². The van der Waals surface area contributed by atoms with Crippen LogP contribution in [-0.2, 0) is 11.3 Å². The molecule has 0 aliphatic heterocycles. The van der Waals surface area contributed by atoms with E-state index < -0.39 is 10.9 Å². The number of benzene rings is 2. The molecule has 0 fully saturated rings. The van der Waals surface area contributed by atoms with Gasteiger partial charge in [-0.3, -0.25) is 10.1 Å². The summed E-state index contributed by atoms with van der Waals surface area (Å²) in [4.78, 5) is 26.1. The molecular formula is C16H11N3O5. The van der Waals surface area contributed by atoms with Crippen molar-refractivity contribution < 1.29 is 19.0 Å². The Labute approximate surface area is 135 Å². The molecule has 0 atom stereocenters. The van der Waals surface area contributed by atoms with E-state index in [0.717, 1.165) is 5.56 Å². The maximum absolute atomic E-state index is 11.9. The number of hydrogen-bond donors (Lipinski definition) is 0. The second-order valence-corrected chi connectivity index (χ2v) is 4.76. The third kappa shape index (κ3) is 3.43. The van der Waals surface area contributed by atoms with Crippen molar-refractivity contribution in [1.82, 2.24) is 10.1 Å². The van der Waals surface area contributed by atoms with Crippen LogP contribution < -0.4 is 0 Å². The molecule has 0 bridgehead atoms. The molecule has 24 heavy (non-hydrogen) atoms. The molecule has 0 aliphatic carbocycles. The van der Waals surface area contributed by atoms with Gasteiger partial charge in [0, 0.05) is 17.7 Å². The van der Waals surface area contributed by atoms with Gasteiger partial charge in [-0.25, -0.2) is 4.79 Å². The van der Waals surface area contributed by atoms with Crippen molar-refractivity contribution >= 4 is 11.7 Å². The molecule has 0 aliphatic rings. The van der Waals surface area contributed by atoms with Crippen LogP contribution in [0.25, 0.3) is 11.4 Å². The van der Waals surface area contributed by atoms with E-state index in [1.165, 1.54) is 24.3 Å². The van der Waals surface area contributed by atoms with Crippen LogP contribution in [0.4, 0.5) is 5.69 Å². The summed E-state index contributed by atoms with van der Waals surface area (Å²) in [6.07, 6.45) is 0. The van der Waals surface area contributed by atoms with Crippen LogP contribution in [0.3, 0.4) is 0 Å². The molecule has 0 radical (unpaired) electrons. The van der Waals surface area contributed by atoms with E-state index in [1.807, 2.05) is 30.3 Å². The zero-order valence-electron chi connectivity index (χ0n) is 12.3. The molecule has 8 heteroatoms. The van der Waals surface area contributed by atoms with E-state index >= 15 is 0 Å². The van der Waals surface area contributed by atoms with E-state index in [-0.39, 0.29) is 23.7 Å². The molecule has 3 rings (SSSR count). The van der Waals surface area contributed by atoms with Gasteiger partial charge in [-0.15, -0.1) is 0 Å². The molecule has 0 unspecified atom stereocenters. The first kappa shape index (κ1) is 15.3. The molecule has 0 saturated carbocycles. The fourth-order valence-corrected chi connectivity index (χ4v) is 1.95. The van der Waals surface area contributed by atoms with Gasteiger partial charge in [-0.2, -0.15) is 4.98 Å². The third-order valence-corrected chi connectivity index (χ3v) is 3.14. The van der Waals surface area contributed by atoms with Gasteiger partial charge >= 0.3 is 5.97 Å². The van der Waals surface area contributed by atoms with Crippen molar-refractivity contribution in [3.05, 3.63) is 76.2 Å². The SMILES string of the molecule is O=C(OCc1nc(-c2ccccc2)no1)c1ccc([N+](=O)[O-])cc1. The van der Waals surface area contributed by atoms with Gasteiger partial charge in [0.25, 0.3) is 11.6 Å². The fraction of sp³-hybridized carbons (Fsp3) is 0.0625. The van der Waals surface area contributed by atoms with E-state index in [4.69, 9.17) is 9.26 Å². The molecule has 0 N–H and O–H groups in total. The Morgan fingerprint density at radius 3 is 2.50 bits per heavy atom. The van der Waals surface area contributed by atoms with E-state index in [0.29, 0.717) is 5.82 Å². The smallest absolute Gasteiger partial charge is 0.338 e. The van der Waals surface area contributed by atoms with Crippen molar-refractivity contribution in [2.45, 2.75) is 6.61 Å². The Bertz CT molecular complexity index is 859. The van der Waals surface area contributed by atoms with Crippen molar-refractivity contribution in [3.8, 4) is 11.4 Å². The summed E-state index contributed by atoms with van der Waals surface area (Å²) in [5.74, 6) is -0.0783. The van der Waals surface area contributed by atoms with Crippen molar-refractivity contribution in [2.75, 3.05) is 0 Å². The van der Waals surface area contributed by atoms with Crippen molar-refractivity contribution in [3.63, 3.8) is 0 Å². The number of carbonyl (C=O) groups is 1. The molecule has 2 aromatic carbocycles. The average Bonchev–Trinajstić information content (AvgIpc) is 3.09. The first-order valence-corrected chi connectivity index (χ1v) is 6.93. The first-order chi connectivity index (χ1) is 11.6. The van der Waals surface area contributed by atoms with E-state index in [9.17, 15) is 14.9 Å². The zero-order valence-corrected chi connectivity index (χ0v) is 12.3. The van der Waals surface area contributed by atoms with Gasteiger partial charge < -0.3 is 9.26 Å². The lowest BCUT2D eigenvalue weighted by atomic mass is 10.2. The number of esters is 1. The molecule has 1 aromatic heterocycles. The minimum atomic E-state index is -0.635. The number of rotatable bonds is 5. The van der Waals surface area contributed by atoms with Crippen LogP contribution in [0.15, 0.2) is 59.1 Å². The highest BCUT2D eigenvalue weighted by Crippen LogP contribution is 2.16. The molecule has 0 amide bonds. The lowest BCUT2D eigenvalue weighted by molar-refractivity contribution is -0.384. The largest absolute Gasteiger partial charge is 0.452 e. The highest BCUT2D eigenvalue weighted by Gasteiger charge is 2.13. The normalized spacial score (nSPS) is 10.3. The summed E-state index contributed by atoms with van der Waals surface area (Å²) < 4.78 is 10.1. The van der Waals surface area contributed by atoms with Crippen LogP contribution in [0.2, 0.25) is 0 Å². The average molecular weight is 325 g/mol. The Balaban J connectivity index is 1.62. The second-order valence-electron chi connectivity index (χ2n) is 4.76. The second kappa shape index (κ2) is 6.69. The summed E-state index contributed by atoms with van der Waals surface area (Å²) in [6.45, 7) is -0.185. The van der Waals surface area contributed by atoms with Gasteiger partial charge in [-0.05, 0) is 12.1 Å². The van der Waals surface area contributed by atoms with Gasteiger partial charge in [0.15, 0.2) is 6.61 Å². The molecule has 3 aromatic rings. The Hall–Kier alpha value is -3.55. The third-order valence-electron chi connectivity index (χ3n) is 3.14. The predicted octanol–water partition coefficient (Wildman–Crippen LogP) is 3.00. The lowest BCUT2D eigenvalue weighted by Gasteiger charge is -2.01. The summed E-state index contributed by atoms with van der Waals surface area (Å²) in [7, 11) is 0. The van der Waals surface area contributed by atoms with E-state index in [2.05, 4.69) is 10.1 Å². The van der Waals surface area contributed by atoms with E-state index in [1.54, 1.807) is 0 Å². The van der Waals surface area contributed by atoms with Crippen LogP contribution >= 0.6 is 0 Å². The number of nitro groups is 1. The number of hydrogen-bond acceptors (Lipinski definition) is 7. The summed E-state index contributed by atoms with van der Waals surface area (Å²) >= 11 is 0. The monoisotopic (exact) mass is 325 g/mol. The molecule has 8 nitrogen and oxygen atoms in total. The maximum Gasteiger partial charge on any atom is 0.338 e. The van der Waals surface area contributed by atoms with Crippen LogP contribution in [0.5, 0.6) is 0 Å². The van der Waals surface area contributed by atoms with Crippen molar-refractivity contribution in [1.29, 1.82) is 0 Å². The molecule has 120 valence electrons. The number of nitrogens with zero attached hydrogens (tertiary/aromatic N) is 3. The Morgan fingerprint density at radius 1 is 1.12 bits per heavy atom. The summed E-state index contributed by atoms with van der Waals surface area (Å²) in [6, 6.07) is 14.3. The highest BCUT2D eigenvalue weighted by atomic mass is 16.6. The molecular weight excluding hydrogens is 314 g/mol. The molecule has 0 saturated heterocycles. The number of non-ortho nitro benzene ring substituents is 1. The quantitative estimate of drug-likeness (QED) is 0.403. The Morgan fingerprint density at radius 2 is 1.83 bits per heavy atom. The van der Waals surface area contributed by atoms with Crippen LogP contribution in [0.1, 0.15) is 16.2 Å². The maximum atomic E-state index is 11.9. The topological polar surface area (TPSA) is 108 Å². The fourth-order valence-electron chi connectivity index (χ4n) is 1.95. The molecule has 1 heterocycles. The number of nitro benzene ring substituents is 1. The van der Waals surface area contributed by atoms with Gasteiger partial charge in [0.05, 0.1) is 10.5 Å². The minimum Gasteiger partial charge on any atom is -0.452 e. The lowest BCUT2D eigenvalue weighted by Crippen LogP contribution is -2.05. The van der Waals surface area contributed by atoms with Crippen LogP contribution in [0, 0.1) is 10.1 Å². The van der Waals surface area contributed by atoms with Gasteiger partial charge in [0.2, 0.25) is 5.82 Å². The summed E-state index contributed by atoms with van der Waals surface area (Å²) in [5.41, 5.74) is 0.883. The zero-order chi connectivity index (χ0) is 16.9. The summed E-state index contributed by atoms with van der Waals surface area (Å²) in [5, 5.41) is 14.4. The van der Waals surface area contributed by atoms with Crippen molar-refractivity contribution in [2.24, 2.45) is 0 Å². The van der Waals surface area contributed by atoms with Gasteiger partial charge in [0.1, 0.15) is 0 Å². The van der Waals surface area contributed by atoms with Crippen LogP contribution in [-0.4, -0.2) is 21.0 Å². The number of aromatic nitrogens is 2. The number of carbonyl (C=O) groups excluding carboxylic acids is 1. The number of ether oxygens (including phenoxy) is 1. The first-order valence-electron chi connectivity index (χ1n) is 6.93. The molecule has 0 spiro atoms. The Kier molecular flexibility index (Phi) is 4.28.